The van der Waals surface area contributed by atoms with Gasteiger partial charge in [-0.1, -0.05) is 13.8 Å². The molecule has 1 amide bonds. The molecule has 1 unspecified atom stereocenters. The zero-order valence-electron chi connectivity index (χ0n) is 15.5. The number of rotatable bonds is 5. The van der Waals surface area contributed by atoms with Gasteiger partial charge >= 0.3 is 0 Å². The first kappa shape index (κ1) is 17.0. The summed E-state index contributed by atoms with van der Waals surface area (Å²) in [4.78, 5) is 16.3. The molecule has 1 aliphatic heterocycles. The highest BCUT2D eigenvalue weighted by atomic mass is 32.1. The lowest BCUT2D eigenvalue weighted by molar-refractivity contribution is 0.0989. The number of aryl methyl sites for hydroxylation is 2. The SMILES string of the molecule is CCn1cc(N2C(=O)c3n[nH]c(CC(C)C)c3C2c2sccc2C)cn1. The Morgan fingerprint density at radius 3 is 2.81 bits per heavy atom. The van der Waals surface area contributed by atoms with Crippen molar-refractivity contribution in [3.8, 4) is 0 Å². The van der Waals surface area contributed by atoms with Crippen molar-refractivity contribution in [3.05, 3.63) is 51.2 Å². The maximum Gasteiger partial charge on any atom is 0.280 e. The molecule has 4 heterocycles. The lowest BCUT2D eigenvalue weighted by atomic mass is 9.98. The standard InChI is InChI=1S/C19H23N5OS/c1-5-23-10-13(9-20-23)24-17(18-12(4)6-7-26-18)15-14(8-11(2)3)21-22-16(15)19(24)25/h6-7,9-11,17H,5,8H2,1-4H3,(H,21,22). The van der Waals surface area contributed by atoms with Crippen LogP contribution in [0.25, 0.3) is 0 Å². The van der Waals surface area contributed by atoms with E-state index in [-0.39, 0.29) is 11.9 Å². The minimum absolute atomic E-state index is 0.0558. The van der Waals surface area contributed by atoms with E-state index in [4.69, 9.17) is 0 Å². The third-order valence-electron chi connectivity index (χ3n) is 4.82. The molecule has 136 valence electrons. The maximum atomic E-state index is 13.2. The van der Waals surface area contributed by atoms with Crippen molar-refractivity contribution < 1.29 is 4.79 Å². The van der Waals surface area contributed by atoms with Crippen LogP contribution in [0, 0.1) is 12.8 Å². The van der Waals surface area contributed by atoms with E-state index in [1.165, 1.54) is 10.4 Å². The minimum Gasteiger partial charge on any atom is -0.291 e. The van der Waals surface area contributed by atoms with Crippen molar-refractivity contribution >= 4 is 22.9 Å². The van der Waals surface area contributed by atoms with Gasteiger partial charge in [0.15, 0.2) is 5.69 Å². The topological polar surface area (TPSA) is 66.8 Å². The van der Waals surface area contributed by atoms with E-state index in [1.54, 1.807) is 17.5 Å². The monoisotopic (exact) mass is 369 g/mol. The molecule has 0 spiro atoms. The molecule has 0 saturated heterocycles. The van der Waals surface area contributed by atoms with E-state index in [2.05, 4.69) is 47.5 Å². The van der Waals surface area contributed by atoms with Crippen molar-refractivity contribution in [1.82, 2.24) is 20.0 Å². The van der Waals surface area contributed by atoms with Gasteiger partial charge in [-0.2, -0.15) is 10.2 Å². The Morgan fingerprint density at radius 1 is 1.38 bits per heavy atom. The summed E-state index contributed by atoms with van der Waals surface area (Å²) in [5.41, 5.74) is 4.65. The van der Waals surface area contributed by atoms with Gasteiger partial charge in [0.25, 0.3) is 5.91 Å². The van der Waals surface area contributed by atoms with Crippen molar-refractivity contribution in [2.75, 3.05) is 4.90 Å². The van der Waals surface area contributed by atoms with Gasteiger partial charge in [-0.25, -0.2) is 0 Å². The second-order valence-electron chi connectivity index (χ2n) is 7.16. The summed E-state index contributed by atoms with van der Waals surface area (Å²) in [6, 6.07) is 1.97. The van der Waals surface area contributed by atoms with Gasteiger partial charge in [0.1, 0.15) is 6.04 Å². The van der Waals surface area contributed by atoms with Crippen LogP contribution in [-0.2, 0) is 13.0 Å². The van der Waals surface area contributed by atoms with Crippen LogP contribution in [0.1, 0.15) is 59.0 Å². The van der Waals surface area contributed by atoms with Crippen LogP contribution >= 0.6 is 11.3 Å². The fourth-order valence-corrected chi connectivity index (χ4v) is 4.62. The van der Waals surface area contributed by atoms with Crippen LogP contribution in [0.15, 0.2) is 23.8 Å². The average molecular weight is 369 g/mol. The van der Waals surface area contributed by atoms with E-state index >= 15 is 0 Å². The molecule has 0 aliphatic carbocycles. The van der Waals surface area contributed by atoms with E-state index in [0.29, 0.717) is 11.6 Å². The van der Waals surface area contributed by atoms with Gasteiger partial charge in [0.2, 0.25) is 0 Å². The second kappa shape index (κ2) is 6.39. The fraction of sp³-hybridized carbons (Fsp3) is 0.421. The molecule has 4 rings (SSSR count). The van der Waals surface area contributed by atoms with Crippen LogP contribution < -0.4 is 4.90 Å². The lowest BCUT2D eigenvalue weighted by Gasteiger charge is -2.24. The van der Waals surface area contributed by atoms with Crippen molar-refractivity contribution in [1.29, 1.82) is 0 Å². The molecule has 1 atom stereocenters. The Hall–Kier alpha value is -2.41. The van der Waals surface area contributed by atoms with E-state index in [0.717, 1.165) is 29.9 Å². The van der Waals surface area contributed by atoms with Crippen LogP contribution in [0.3, 0.4) is 0 Å². The predicted molar refractivity (Wildman–Crippen MR) is 103 cm³/mol. The predicted octanol–water partition coefficient (Wildman–Crippen LogP) is 3.94. The maximum absolute atomic E-state index is 13.2. The highest BCUT2D eigenvalue weighted by Crippen LogP contribution is 2.45. The number of carbonyl (C=O) groups excluding carboxylic acids is 1. The normalized spacial score (nSPS) is 16.7. The number of nitrogens with one attached hydrogen (secondary N) is 1. The molecule has 0 saturated carbocycles. The fourth-order valence-electron chi connectivity index (χ4n) is 3.60. The van der Waals surface area contributed by atoms with Crippen LogP contribution in [-0.4, -0.2) is 25.9 Å². The molecular weight excluding hydrogens is 346 g/mol. The van der Waals surface area contributed by atoms with Gasteiger partial charge in [-0.05, 0) is 43.2 Å². The molecule has 0 bridgehead atoms. The van der Waals surface area contributed by atoms with Crippen molar-refractivity contribution in [2.45, 2.75) is 46.7 Å². The Bertz CT molecular complexity index is 951. The van der Waals surface area contributed by atoms with Crippen molar-refractivity contribution in [2.24, 2.45) is 5.92 Å². The highest BCUT2D eigenvalue weighted by Gasteiger charge is 2.44. The van der Waals surface area contributed by atoms with Crippen LogP contribution in [0.2, 0.25) is 0 Å². The molecule has 0 aromatic carbocycles. The Labute approximate surface area is 156 Å². The number of thiophene rings is 1. The number of fused-ring (bicyclic) bond motifs is 1. The number of hydrogen-bond donors (Lipinski definition) is 1. The Morgan fingerprint density at radius 2 is 2.19 bits per heavy atom. The summed E-state index contributed by atoms with van der Waals surface area (Å²) in [6.45, 7) is 9.27. The Balaban J connectivity index is 1.88. The largest absolute Gasteiger partial charge is 0.291 e. The van der Waals surface area contributed by atoms with E-state index in [9.17, 15) is 4.79 Å². The first-order chi connectivity index (χ1) is 12.5. The zero-order valence-corrected chi connectivity index (χ0v) is 16.3. The quantitative estimate of drug-likeness (QED) is 0.741. The molecule has 0 radical (unpaired) electrons. The van der Waals surface area contributed by atoms with Gasteiger partial charge in [-0.15, -0.1) is 11.3 Å². The number of carbonyl (C=O) groups is 1. The number of amides is 1. The van der Waals surface area contributed by atoms with E-state index in [1.807, 2.05) is 22.7 Å². The van der Waals surface area contributed by atoms with Crippen LogP contribution in [0.5, 0.6) is 0 Å². The summed E-state index contributed by atoms with van der Waals surface area (Å²) >= 11 is 1.69. The summed E-state index contributed by atoms with van der Waals surface area (Å²) in [5.74, 6) is 0.427. The minimum atomic E-state index is -0.139. The van der Waals surface area contributed by atoms with Gasteiger partial charge in [0, 0.05) is 28.9 Å². The third kappa shape index (κ3) is 2.58. The number of nitrogens with zero attached hydrogens (tertiary/aromatic N) is 4. The average Bonchev–Trinajstić information content (AvgIpc) is 3.34. The molecule has 3 aromatic rings. The highest BCUT2D eigenvalue weighted by molar-refractivity contribution is 7.10. The summed E-state index contributed by atoms with van der Waals surface area (Å²) in [7, 11) is 0. The molecular formula is C19H23N5OS. The number of H-pyrrole nitrogens is 1. The molecule has 6 nitrogen and oxygen atoms in total. The van der Waals surface area contributed by atoms with Gasteiger partial charge in [0.05, 0.1) is 11.9 Å². The Kier molecular flexibility index (Phi) is 4.19. The first-order valence-corrected chi connectivity index (χ1v) is 9.86. The second-order valence-corrected chi connectivity index (χ2v) is 8.11. The zero-order chi connectivity index (χ0) is 18.4. The summed E-state index contributed by atoms with van der Waals surface area (Å²) in [6.07, 6.45) is 4.58. The number of hydrogen-bond acceptors (Lipinski definition) is 4. The smallest absolute Gasteiger partial charge is 0.280 e. The summed E-state index contributed by atoms with van der Waals surface area (Å²) < 4.78 is 1.85. The van der Waals surface area contributed by atoms with Crippen molar-refractivity contribution in [3.63, 3.8) is 0 Å². The number of aromatic amines is 1. The molecule has 3 aromatic heterocycles. The molecule has 1 aliphatic rings. The lowest BCUT2D eigenvalue weighted by Crippen LogP contribution is -2.29. The first-order valence-electron chi connectivity index (χ1n) is 8.98. The summed E-state index contributed by atoms with van der Waals surface area (Å²) in [5, 5.41) is 14.0. The molecule has 7 heteroatoms. The third-order valence-corrected chi connectivity index (χ3v) is 5.89. The van der Waals surface area contributed by atoms with E-state index < -0.39 is 0 Å². The van der Waals surface area contributed by atoms with Crippen LogP contribution in [0.4, 0.5) is 5.69 Å². The number of anilines is 1. The molecule has 26 heavy (non-hydrogen) atoms. The van der Waals surface area contributed by atoms with Gasteiger partial charge < -0.3 is 0 Å². The molecule has 0 fully saturated rings. The molecule has 1 N–H and O–H groups in total. The van der Waals surface area contributed by atoms with Gasteiger partial charge in [-0.3, -0.25) is 19.5 Å². The number of aromatic nitrogens is 4.